The van der Waals surface area contributed by atoms with Gasteiger partial charge in [0.1, 0.15) is 5.82 Å². The molecule has 1 aromatic carbocycles. The fourth-order valence-corrected chi connectivity index (χ4v) is 3.80. The molecule has 25 heavy (non-hydrogen) atoms. The molecule has 1 amide bonds. The Morgan fingerprint density at radius 1 is 1.36 bits per heavy atom. The van der Waals surface area contributed by atoms with Crippen LogP contribution in [0.15, 0.2) is 29.4 Å². The van der Waals surface area contributed by atoms with Crippen molar-refractivity contribution in [3.8, 4) is 0 Å². The number of thioether (sulfide) groups is 1. The van der Waals surface area contributed by atoms with Gasteiger partial charge in [-0.3, -0.25) is 4.79 Å². The van der Waals surface area contributed by atoms with Crippen LogP contribution in [0.25, 0.3) is 0 Å². The van der Waals surface area contributed by atoms with Crippen molar-refractivity contribution in [2.24, 2.45) is 5.73 Å². The van der Waals surface area contributed by atoms with Crippen LogP contribution in [0.2, 0.25) is 5.02 Å². The lowest BCUT2D eigenvalue weighted by molar-refractivity contribution is -0.118. The molecule has 0 aliphatic carbocycles. The Bertz CT molecular complexity index is 714. The number of ether oxygens (including phenoxy) is 1. The van der Waals surface area contributed by atoms with Crippen molar-refractivity contribution in [1.29, 1.82) is 0 Å². The molecule has 0 bridgehead atoms. The van der Waals surface area contributed by atoms with Gasteiger partial charge in [-0.1, -0.05) is 35.5 Å². The van der Waals surface area contributed by atoms with Crippen LogP contribution in [0.5, 0.6) is 0 Å². The van der Waals surface area contributed by atoms with E-state index < -0.39 is 0 Å². The maximum Gasteiger partial charge on any atom is 0.217 e. The van der Waals surface area contributed by atoms with E-state index in [9.17, 15) is 4.79 Å². The minimum atomic E-state index is -0.331. The van der Waals surface area contributed by atoms with Crippen molar-refractivity contribution in [3.05, 3.63) is 40.7 Å². The number of amides is 1. The predicted molar refractivity (Wildman–Crippen MR) is 97.5 cm³/mol. The van der Waals surface area contributed by atoms with Gasteiger partial charge in [-0.05, 0) is 30.5 Å². The highest BCUT2D eigenvalue weighted by molar-refractivity contribution is 7.98. The molecule has 1 aromatic heterocycles. The van der Waals surface area contributed by atoms with Crippen LogP contribution in [0.3, 0.4) is 0 Å². The van der Waals surface area contributed by atoms with Gasteiger partial charge in [-0.25, -0.2) is 0 Å². The van der Waals surface area contributed by atoms with Gasteiger partial charge >= 0.3 is 0 Å². The van der Waals surface area contributed by atoms with Crippen LogP contribution < -0.4 is 5.73 Å². The van der Waals surface area contributed by atoms with Gasteiger partial charge in [0.25, 0.3) is 0 Å². The van der Waals surface area contributed by atoms with Crippen molar-refractivity contribution in [3.63, 3.8) is 0 Å². The summed E-state index contributed by atoms with van der Waals surface area (Å²) in [5, 5.41) is 10.1. The van der Waals surface area contributed by atoms with Crippen molar-refractivity contribution in [2.45, 2.75) is 49.2 Å². The molecule has 1 saturated heterocycles. The van der Waals surface area contributed by atoms with Gasteiger partial charge in [-0.15, -0.1) is 10.2 Å². The fourth-order valence-electron chi connectivity index (χ4n) is 2.75. The molecule has 0 spiro atoms. The summed E-state index contributed by atoms with van der Waals surface area (Å²) < 4.78 is 7.81. The first-order chi connectivity index (χ1) is 12.1. The molecule has 6 nitrogen and oxygen atoms in total. The van der Waals surface area contributed by atoms with Crippen LogP contribution in [0.4, 0.5) is 0 Å². The molecule has 1 fully saturated rings. The zero-order chi connectivity index (χ0) is 17.6. The van der Waals surface area contributed by atoms with E-state index in [4.69, 9.17) is 22.1 Å². The van der Waals surface area contributed by atoms with Crippen molar-refractivity contribution < 1.29 is 9.53 Å². The summed E-state index contributed by atoms with van der Waals surface area (Å²) in [6, 6.07) is 7.77. The molecular formula is C17H21ClN4O2S. The first-order valence-electron chi connectivity index (χ1n) is 8.31. The maximum atomic E-state index is 11.1. The van der Waals surface area contributed by atoms with Crippen LogP contribution in [-0.2, 0) is 28.2 Å². The van der Waals surface area contributed by atoms with E-state index in [1.54, 1.807) is 11.8 Å². The van der Waals surface area contributed by atoms with Gasteiger partial charge in [-0.2, -0.15) is 0 Å². The molecule has 2 N–H and O–H groups in total. The number of hydrogen-bond donors (Lipinski definition) is 1. The minimum absolute atomic E-state index is 0.179. The molecule has 1 atom stereocenters. The predicted octanol–water partition coefficient (Wildman–Crippen LogP) is 2.82. The van der Waals surface area contributed by atoms with Gasteiger partial charge < -0.3 is 15.0 Å². The maximum absolute atomic E-state index is 11.1. The smallest absolute Gasteiger partial charge is 0.217 e. The van der Waals surface area contributed by atoms with E-state index in [2.05, 4.69) is 14.8 Å². The number of nitrogens with zero attached hydrogens (tertiary/aromatic N) is 3. The number of aromatic nitrogens is 3. The second kappa shape index (κ2) is 8.69. The average molecular weight is 381 g/mol. The third-order valence-corrected chi connectivity index (χ3v) is 5.37. The van der Waals surface area contributed by atoms with E-state index in [1.165, 1.54) is 5.56 Å². The Morgan fingerprint density at radius 3 is 2.84 bits per heavy atom. The van der Waals surface area contributed by atoms with E-state index in [0.717, 1.165) is 41.2 Å². The van der Waals surface area contributed by atoms with Crippen molar-refractivity contribution in [2.75, 3.05) is 6.61 Å². The first-order valence-corrected chi connectivity index (χ1v) is 9.67. The molecule has 1 aliphatic heterocycles. The summed E-state index contributed by atoms with van der Waals surface area (Å²) in [7, 11) is 0. The molecule has 134 valence electrons. The largest absolute Gasteiger partial charge is 0.376 e. The summed E-state index contributed by atoms with van der Waals surface area (Å²) >= 11 is 7.55. The Balaban J connectivity index is 1.71. The summed E-state index contributed by atoms with van der Waals surface area (Å²) in [6.45, 7) is 1.51. The quantitative estimate of drug-likeness (QED) is 0.712. The number of benzene rings is 1. The monoisotopic (exact) mass is 380 g/mol. The molecule has 0 radical (unpaired) electrons. The van der Waals surface area contributed by atoms with Crippen LogP contribution in [0.1, 0.15) is 30.7 Å². The number of rotatable bonds is 8. The van der Waals surface area contributed by atoms with Crippen LogP contribution in [-0.4, -0.2) is 33.4 Å². The third-order valence-electron chi connectivity index (χ3n) is 4.08. The highest BCUT2D eigenvalue weighted by atomic mass is 35.5. The molecule has 1 aliphatic rings. The number of aryl methyl sites for hydroxylation is 1. The van der Waals surface area contributed by atoms with E-state index >= 15 is 0 Å². The topological polar surface area (TPSA) is 83.0 Å². The molecule has 1 unspecified atom stereocenters. The summed E-state index contributed by atoms with van der Waals surface area (Å²) in [4.78, 5) is 11.1. The normalized spacial score (nSPS) is 17.1. The number of carbonyl (C=O) groups excluding carboxylic acids is 1. The number of primary amides is 1. The van der Waals surface area contributed by atoms with Gasteiger partial charge in [0.05, 0.1) is 12.6 Å². The highest BCUT2D eigenvalue weighted by Gasteiger charge is 2.21. The number of nitrogens with two attached hydrogens (primary N) is 1. The second-order valence-corrected chi connectivity index (χ2v) is 7.40. The van der Waals surface area contributed by atoms with Crippen molar-refractivity contribution >= 4 is 29.3 Å². The zero-order valence-electron chi connectivity index (χ0n) is 13.9. The number of carbonyl (C=O) groups is 1. The minimum Gasteiger partial charge on any atom is -0.376 e. The molecular weight excluding hydrogens is 360 g/mol. The first kappa shape index (κ1) is 18.2. The van der Waals surface area contributed by atoms with Crippen LogP contribution in [0, 0.1) is 0 Å². The molecule has 3 rings (SSSR count). The molecule has 2 heterocycles. The Morgan fingerprint density at radius 2 is 2.16 bits per heavy atom. The SMILES string of the molecule is NC(=O)CCc1nnc(SCc2ccc(Cl)cc2)n1CC1CCCO1. The van der Waals surface area contributed by atoms with Gasteiger partial charge in [0, 0.05) is 30.2 Å². The van der Waals surface area contributed by atoms with E-state index in [-0.39, 0.29) is 18.4 Å². The Labute approximate surface area is 156 Å². The fraction of sp³-hybridized carbons (Fsp3) is 0.471. The average Bonchev–Trinajstić information content (AvgIpc) is 3.23. The number of halogens is 1. The van der Waals surface area contributed by atoms with Gasteiger partial charge in [0.15, 0.2) is 5.16 Å². The summed E-state index contributed by atoms with van der Waals surface area (Å²) in [6.07, 6.45) is 3.06. The summed E-state index contributed by atoms with van der Waals surface area (Å²) in [5.74, 6) is 1.23. The lowest BCUT2D eigenvalue weighted by atomic mass is 10.2. The molecule has 2 aromatic rings. The zero-order valence-corrected chi connectivity index (χ0v) is 15.4. The van der Waals surface area contributed by atoms with Crippen molar-refractivity contribution in [1.82, 2.24) is 14.8 Å². The third kappa shape index (κ3) is 5.20. The molecule has 8 heteroatoms. The van der Waals surface area contributed by atoms with E-state index in [1.807, 2.05) is 24.3 Å². The molecule has 0 saturated carbocycles. The number of hydrogen-bond acceptors (Lipinski definition) is 5. The standard InChI is InChI=1S/C17H21ClN4O2S/c18-13-5-3-12(4-6-13)11-25-17-21-20-16(8-7-15(19)23)22(17)10-14-2-1-9-24-14/h3-6,14H,1-2,7-11H2,(H2,19,23). The second-order valence-electron chi connectivity index (χ2n) is 6.03. The highest BCUT2D eigenvalue weighted by Crippen LogP contribution is 2.25. The van der Waals surface area contributed by atoms with Gasteiger partial charge in [0.2, 0.25) is 5.91 Å². The Kier molecular flexibility index (Phi) is 6.34. The van der Waals surface area contributed by atoms with E-state index in [0.29, 0.717) is 13.0 Å². The summed E-state index contributed by atoms with van der Waals surface area (Å²) in [5.41, 5.74) is 6.44. The lowest BCUT2D eigenvalue weighted by Crippen LogP contribution is -2.19. The van der Waals surface area contributed by atoms with Crippen LogP contribution >= 0.6 is 23.4 Å². The Hall–Kier alpha value is -1.57. The lowest BCUT2D eigenvalue weighted by Gasteiger charge is -2.14.